The lowest BCUT2D eigenvalue weighted by atomic mass is 10.0. The van der Waals surface area contributed by atoms with Gasteiger partial charge < -0.3 is 24.8 Å². The third-order valence-corrected chi connectivity index (χ3v) is 4.11. The lowest BCUT2D eigenvalue weighted by molar-refractivity contribution is -0.181. The molecule has 0 atom stereocenters. The molecule has 21 heavy (non-hydrogen) atoms. The third-order valence-electron chi connectivity index (χ3n) is 4.11. The highest BCUT2D eigenvalue weighted by Gasteiger charge is 2.41. The summed E-state index contributed by atoms with van der Waals surface area (Å²) in [7, 11) is 1.52. The number of hydrogen-bond donors (Lipinski definition) is 1. The number of nitrogen functional groups attached to an aromatic ring is 1. The molecule has 6 nitrogen and oxygen atoms in total. The smallest absolute Gasteiger partial charge is 0.257 e. The summed E-state index contributed by atoms with van der Waals surface area (Å²) < 4.78 is 16.6. The number of anilines is 1. The first-order valence-electron chi connectivity index (χ1n) is 7.15. The minimum atomic E-state index is -0.476. The molecule has 2 aliphatic rings. The van der Waals surface area contributed by atoms with Gasteiger partial charge in [0.15, 0.2) is 11.5 Å². The van der Waals surface area contributed by atoms with Crippen LogP contribution in [0.3, 0.4) is 0 Å². The fourth-order valence-electron chi connectivity index (χ4n) is 2.96. The molecule has 0 saturated carbocycles. The van der Waals surface area contributed by atoms with Crippen molar-refractivity contribution in [3.63, 3.8) is 0 Å². The number of nitrogens with zero attached hydrogens (tertiary/aromatic N) is 1. The fraction of sp³-hybridized carbons (Fsp3) is 0.533. The number of methoxy groups -OCH3 is 1. The number of carbonyl (C=O) groups is 1. The molecule has 1 spiro atoms. The molecule has 6 heteroatoms. The molecule has 2 N–H and O–H groups in total. The largest absolute Gasteiger partial charge is 0.494 e. The van der Waals surface area contributed by atoms with E-state index in [-0.39, 0.29) is 5.91 Å². The molecule has 0 radical (unpaired) electrons. The standard InChI is InChI=1S/C15H20N2O4/c1-19-13-11(3-2-4-12(13)16)14(18)17-7-5-15(6-8-17)20-9-10-21-15/h2-4H,5-10,16H2,1H3. The Bertz CT molecular complexity index is 530. The molecule has 2 heterocycles. The Balaban J connectivity index is 1.73. The van der Waals surface area contributed by atoms with Crippen molar-refractivity contribution in [2.45, 2.75) is 18.6 Å². The second kappa shape index (κ2) is 5.54. The SMILES string of the molecule is COc1c(N)cccc1C(=O)N1CCC2(CC1)OCCO2. The topological polar surface area (TPSA) is 74.0 Å². The molecule has 0 bridgehead atoms. The van der Waals surface area contributed by atoms with Gasteiger partial charge in [0.05, 0.1) is 31.6 Å². The number of carbonyl (C=O) groups excluding carboxylic acids is 1. The Morgan fingerprint density at radius 3 is 2.57 bits per heavy atom. The number of benzene rings is 1. The Labute approximate surface area is 123 Å². The average Bonchev–Trinajstić information content (AvgIpc) is 2.95. The Morgan fingerprint density at radius 2 is 1.95 bits per heavy atom. The maximum atomic E-state index is 12.6. The van der Waals surface area contributed by atoms with Crippen LogP contribution in [0.5, 0.6) is 5.75 Å². The fourth-order valence-corrected chi connectivity index (χ4v) is 2.96. The van der Waals surface area contributed by atoms with Crippen LogP contribution in [0.25, 0.3) is 0 Å². The van der Waals surface area contributed by atoms with Crippen molar-refractivity contribution in [1.29, 1.82) is 0 Å². The monoisotopic (exact) mass is 292 g/mol. The van der Waals surface area contributed by atoms with Crippen LogP contribution >= 0.6 is 0 Å². The first-order chi connectivity index (χ1) is 10.2. The van der Waals surface area contributed by atoms with Crippen LogP contribution in [-0.2, 0) is 9.47 Å². The van der Waals surface area contributed by atoms with Crippen LogP contribution in [0.2, 0.25) is 0 Å². The number of amides is 1. The molecule has 2 aliphatic heterocycles. The van der Waals surface area contributed by atoms with Gasteiger partial charge >= 0.3 is 0 Å². The maximum absolute atomic E-state index is 12.6. The number of piperidine rings is 1. The van der Waals surface area contributed by atoms with E-state index in [0.717, 1.165) is 0 Å². The summed E-state index contributed by atoms with van der Waals surface area (Å²) in [5.41, 5.74) is 6.83. The molecule has 2 fully saturated rings. The van der Waals surface area contributed by atoms with Gasteiger partial charge in [-0.15, -0.1) is 0 Å². The van der Waals surface area contributed by atoms with Crippen molar-refractivity contribution in [3.8, 4) is 5.75 Å². The summed E-state index contributed by atoms with van der Waals surface area (Å²) in [5, 5.41) is 0. The van der Waals surface area contributed by atoms with E-state index in [9.17, 15) is 4.79 Å². The van der Waals surface area contributed by atoms with Crippen LogP contribution in [0.15, 0.2) is 18.2 Å². The van der Waals surface area contributed by atoms with Crippen molar-refractivity contribution in [2.24, 2.45) is 0 Å². The zero-order valence-corrected chi connectivity index (χ0v) is 12.1. The number of hydrogen-bond acceptors (Lipinski definition) is 5. The second-order valence-electron chi connectivity index (χ2n) is 5.33. The van der Waals surface area contributed by atoms with Crippen LogP contribution in [-0.4, -0.2) is 50.0 Å². The van der Waals surface area contributed by atoms with E-state index in [4.69, 9.17) is 19.9 Å². The molecule has 1 aromatic carbocycles. The third kappa shape index (κ3) is 2.56. The minimum absolute atomic E-state index is 0.0630. The lowest BCUT2D eigenvalue weighted by Gasteiger charge is -2.37. The van der Waals surface area contributed by atoms with Crippen molar-refractivity contribution in [3.05, 3.63) is 23.8 Å². The van der Waals surface area contributed by atoms with Gasteiger partial charge in [0.2, 0.25) is 0 Å². The van der Waals surface area contributed by atoms with Crippen LogP contribution in [0, 0.1) is 0 Å². The van der Waals surface area contributed by atoms with Gasteiger partial charge in [0.25, 0.3) is 5.91 Å². The number of rotatable bonds is 2. The average molecular weight is 292 g/mol. The van der Waals surface area contributed by atoms with Crippen LogP contribution in [0.4, 0.5) is 5.69 Å². The van der Waals surface area contributed by atoms with Gasteiger partial charge in [-0.2, -0.15) is 0 Å². The molecule has 0 aliphatic carbocycles. The predicted molar refractivity (Wildman–Crippen MR) is 77.2 cm³/mol. The molecular weight excluding hydrogens is 272 g/mol. The predicted octanol–water partition coefficient (Wildman–Crippen LogP) is 1.26. The van der Waals surface area contributed by atoms with Gasteiger partial charge in [-0.25, -0.2) is 0 Å². The molecule has 0 aromatic heterocycles. The normalized spacial score (nSPS) is 20.7. The van der Waals surface area contributed by atoms with E-state index < -0.39 is 5.79 Å². The van der Waals surface area contributed by atoms with E-state index in [1.165, 1.54) is 7.11 Å². The van der Waals surface area contributed by atoms with Crippen molar-refractivity contribution >= 4 is 11.6 Å². The van der Waals surface area contributed by atoms with Crippen LogP contribution < -0.4 is 10.5 Å². The van der Waals surface area contributed by atoms with Crippen molar-refractivity contribution < 1.29 is 19.0 Å². The zero-order valence-electron chi connectivity index (χ0n) is 12.1. The highest BCUT2D eigenvalue weighted by molar-refractivity contribution is 5.98. The first kappa shape index (κ1) is 14.2. The first-order valence-corrected chi connectivity index (χ1v) is 7.15. The molecule has 1 aromatic rings. The number of para-hydroxylation sites is 1. The molecule has 114 valence electrons. The van der Waals surface area contributed by atoms with Gasteiger partial charge in [0, 0.05) is 25.9 Å². The van der Waals surface area contributed by atoms with Gasteiger partial charge in [-0.05, 0) is 12.1 Å². The van der Waals surface area contributed by atoms with Crippen molar-refractivity contribution in [2.75, 3.05) is 39.1 Å². The number of likely N-dealkylation sites (tertiary alicyclic amines) is 1. The molecule has 3 rings (SSSR count). The highest BCUT2D eigenvalue weighted by Crippen LogP contribution is 2.33. The number of nitrogens with two attached hydrogens (primary N) is 1. The molecular formula is C15H20N2O4. The lowest BCUT2D eigenvalue weighted by Crippen LogP contribution is -2.47. The summed E-state index contributed by atoms with van der Waals surface area (Å²) >= 11 is 0. The van der Waals surface area contributed by atoms with Gasteiger partial charge in [-0.3, -0.25) is 4.79 Å². The summed E-state index contributed by atoms with van der Waals surface area (Å²) in [6.07, 6.45) is 1.40. The summed E-state index contributed by atoms with van der Waals surface area (Å²) in [6, 6.07) is 5.23. The Morgan fingerprint density at radius 1 is 1.29 bits per heavy atom. The zero-order chi connectivity index (χ0) is 14.9. The van der Waals surface area contributed by atoms with Gasteiger partial charge in [0.1, 0.15) is 0 Å². The summed E-state index contributed by atoms with van der Waals surface area (Å²) in [5.74, 6) is -0.0977. The highest BCUT2D eigenvalue weighted by atomic mass is 16.7. The Hall–Kier alpha value is -1.79. The van der Waals surface area contributed by atoms with Crippen LogP contribution in [0.1, 0.15) is 23.2 Å². The molecule has 0 unspecified atom stereocenters. The number of ether oxygens (including phenoxy) is 3. The maximum Gasteiger partial charge on any atom is 0.257 e. The van der Waals surface area contributed by atoms with E-state index in [1.54, 1.807) is 23.1 Å². The summed E-state index contributed by atoms with van der Waals surface area (Å²) in [4.78, 5) is 14.4. The Kier molecular flexibility index (Phi) is 3.73. The van der Waals surface area contributed by atoms with E-state index in [1.807, 2.05) is 0 Å². The quantitative estimate of drug-likeness (QED) is 0.831. The summed E-state index contributed by atoms with van der Waals surface area (Å²) in [6.45, 7) is 2.49. The molecule has 1 amide bonds. The van der Waals surface area contributed by atoms with E-state index >= 15 is 0 Å². The van der Waals surface area contributed by atoms with E-state index in [2.05, 4.69) is 0 Å². The minimum Gasteiger partial charge on any atom is -0.494 e. The van der Waals surface area contributed by atoms with Crippen molar-refractivity contribution in [1.82, 2.24) is 4.90 Å². The van der Waals surface area contributed by atoms with Gasteiger partial charge in [-0.1, -0.05) is 6.07 Å². The molecule has 2 saturated heterocycles. The van der Waals surface area contributed by atoms with E-state index in [0.29, 0.717) is 56.1 Å². The second-order valence-corrected chi connectivity index (χ2v) is 5.33.